The summed E-state index contributed by atoms with van der Waals surface area (Å²) in [6.07, 6.45) is 3.22. The van der Waals surface area contributed by atoms with Crippen molar-refractivity contribution in [1.29, 1.82) is 0 Å². The molecule has 268 valence electrons. The Bertz CT molecular complexity index is 2040. The van der Waals surface area contributed by atoms with Gasteiger partial charge in [0.15, 0.2) is 0 Å². The van der Waals surface area contributed by atoms with Crippen LogP contribution in [-0.4, -0.2) is 10.2 Å². The molecule has 0 fully saturated rings. The molecule has 8 rings (SSSR count). The number of benzene rings is 8. The summed E-state index contributed by atoms with van der Waals surface area (Å²) in [5.41, 5.74) is 10.1. The normalized spacial score (nSPS) is 10.6. The third-order valence-corrected chi connectivity index (χ3v) is 9.12. The summed E-state index contributed by atoms with van der Waals surface area (Å²) in [7, 11) is 0. The molecule has 2 N–H and O–H groups in total. The molecule has 55 heavy (non-hydrogen) atoms. The molecule has 0 saturated heterocycles. The van der Waals surface area contributed by atoms with Gasteiger partial charge in [-0.1, -0.05) is 200 Å². The number of rotatable bonds is 8. The molecule has 1 atom stereocenters. The SMILES string of the molecule is Oc1c(-c2ccccc2)cccc1-c1ccccc1.Oc1c(-c2ccccc2)cccc1-c1ccccc1.[CH2-]C(C[CH-]c1ccccc1)c1ccccc1.[Ti+2]. The van der Waals surface area contributed by atoms with Crippen LogP contribution in [0.3, 0.4) is 0 Å². The van der Waals surface area contributed by atoms with Crippen LogP contribution < -0.4 is 0 Å². The quantitative estimate of drug-likeness (QED) is 0.120. The average Bonchev–Trinajstić information content (AvgIpc) is 3.25. The van der Waals surface area contributed by atoms with Gasteiger partial charge in [0, 0.05) is 22.3 Å². The predicted molar refractivity (Wildman–Crippen MR) is 227 cm³/mol. The summed E-state index contributed by atoms with van der Waals surface area (Å²) < 4.78 is 0. The molecule has 0 aliphatic carbocycles. The van der Waals surface area contributed by atoms with Crippen LogP contribution in [0.15, 0.2) is 218 Å². The molecule has 0 bridgehead atoms. The number of phenols is 2. The summed E-state index contributed by atoms with van der Waals surface area (Å²) in [6, 6.07) is 72.3. The Balaban J connectivity index is 0.000000158. The first kappa shape index (κ1) is 40.1. The average molecular weight is 749 g/mol. The van der Waals surface area contributed by atoms with Gasteiger partial charge in [-0.05, 0) is 22.3 Å². The minimum absolute atomic E-state index is 0. The fourth-order valence-electron chi connectivity index (χ4n) is 6.22. The van der Waals surface area contributed by atoms with Gasteiger partial charge in [-0.25, -0.2) is 0 Å². The maximum absolute atomic E-state index is 10.5. The Morgan fingerprint density at radius 2 is 0.636 bits per heavy atom. The van der Waals surface area contributed by atoms with Gasteiger partial charge in [-0.2, -0.15) is 30.0 Å². The van der Waals surface area contributed by atoms with Gasteiger partial charge in [-0.15, -0.1) is 18.6 Å². The van der Waals surface area contributed by atoms with E-state index in [1.807, 2.05) is 170 Å². The van der Waals surface area contributed by atoms with E-state index in [0.717, 1.165) is 50.9 Å². The first-order valence-corrected chi connectivity index (χ1v) is 18.2. The Morgan fingerprint density at radius 3 is 0.945 bits per heavy atom. The van der Waals surface area contributed by atoms with Crippen LogP contribution in [0.4, 0.5) is 0 Å². The van der Waals surface area contributed by atoms with E-state index in [-0.39, 0.29) is 21.7 Å². The van der Waals surface area contributed by atoms with Gasteiger partial charge >= 0.3 is 21.7 Å². The van der Waals surface area contributed by atoms with Crippen LogP contribution in [0.5, 0.6) is 11.5 Å². The van der Waals surface area contributed by atoms with Crippen molar-refractivity contribution in [3.63, 3.8) is 0 Å². The summed E-state index contributed by atoms with van der Waals surface area (Å²) in [4.78, 5) is 0. The molecule has 0 aromatic heterocycles. The summed E-state index contributed by atoms with van der Waals surface area (Å²) in [5, 5.41) is 21.0. The molecule has 0 spiro atoms. The molecule has 1 unspecified atom stereocenters. The minimum Gasteiger partial charge on any atom is -0.507 e. The van der Waals surface area contributed by atoms with E-state index in [1.165, 1.54) is 11.1 Å². The third-order valence-electron chi connectivity index (χ3n) is 9.12. The molecule has 0 aliphatic heterocycles. The largest absolute Gasteiger partial charge is 2.00 e. The van der Waals surface area contributed by atoms with E-state index in [4.69, 9.17) is 0 Å². The maximum Gasteiger partial charge on any atom is 2.00 e. The molecule has 0 radical (unpaired) electrons. The Labute approximate surface area is 341 Å². The second-order valence-corrected chi connectivity index (χ2v) is 12.8. The van der Waals surface area contributed by atoms with Gasteiger partial charge in [0.1, 0.15) is 11.5 Å². The molecule has 0 aliphatic rings. The molecule has 0 amide bonds. The van der Waals surface area contributed by atoms with Gasteiger partial charge in [0.2, 0.25) is 0 Å². The van der Waals surface area contributed by atoms with E-state index < -0.39 is 0 Å². The van der Waals surface area contributed by atoms with Crippen molar-refractivity contribution in [1.82, 2.24) is 0 Å². The Hall–Kier alpha value is -6.06. The van der Waals surface area contributed by atoms with Crippen LogP contribution in [-0.2, 0) is 21.7 Å². The summed E-state index contributed by atoms with van der Waals surface area (Å²) in [5.74, 6) is 1.00. The predicted octanol–water partition coefficient (Wildman–Crippen LogP) is 13.7. The molecule has 8 aromatic rings. The van der Waals surface area contributed by atoms with Gasteiger partial charge < -0.3 is 17.1 Å². The van der Waals surface area contributed by atoms with E-state index in [2.05, 4.69) is 61.9 Å². The van der Waals surface area contributed by atoms with Crippen molar-refractivity contribution in [2.45, 2.75) is 12.3 Å². The fourth-order valence-corrected chi connectivity index (χ4v) is 6.22. The zero-order valence-electron chi connectivity index (χ0n) is 30.7. The maximum atomic E-state index is 10.5. The molecular formula is C52H44O2Ti. The van der Waals surface area contributed by atoms with Crippen molar-refractivity contribution in [2.24, 2.45) is 0 Å². The van der Waals surface area contributed by atoms with Crippen LogP contribution in [0.25, 0.3) is 44.5 Å². The Kier molecular flexibility index (Phi) is 15.3. The van der Waals surface area contributed by atoms with Gasteiger partial charge in [-0.3, -0.25) is 0 Å². The van der Waals surface area contributed by atoms with Crippen molar-refractivity contribution in [2.75, 3.05) is 0 Å². The second kappa shape index (κ2) is 21.0. The zero-order chi connectivity index (χ0) is 37.4. The number of hydrogen-bond donors (Lipinski definition) is 2. The van der Waals surface area contributed by atoms with E-state index in [0.29, 0.717) is 17.4 Å². The molecule has 0 saturated carbocycles. The first-order valence-electron chi connectivity index (χ1n) is 18.2. The van der Waals surface area contributed by atoms with Gasteiger partial charge in [0.05, 0.1) is 0 Å². The van der Waals surface area contributed by atoms with Crippen molar-refractivity contribution >= 4 is 0 Å². The Morgan fingerprint density at radius 1 is 0.364 bits per heavy atom. The van der Waals surface area contributed by atoms with E-state index >= 15 is 0 Å². The van der Waals surface area contributed by atoms with Gasteiger partial charge in [0.25, 0.3) is 0 Å². The first-order chi connectivity index (χ1) is 26.6. The number of hydrogen-bond acceptors (Lipinski definition) is 2. The van der Waals surface area contributed by atoms with Crippen LogP contribution in [0.2, 0.25) is 0 Å². The van der Waals surface area contributed by atoms with E-state index in [1.54, 1.807) is 0 Å². The number of aromatic hydroxyl groups is 2. The van der Waals surface area contributed by atoms with Crippen LogP contribution in [0.1, 0.15) is 23.5 Å². The fraction of sp³-hybridized carbons (Fsp3) is 0.0385. The summed E-state index contributed by atoms with van der Waals surface area (Å²) in [6.45, 7) is 4.19. The van der Waals surface area contributed by atoms with Crippen LogP contribution in [0, 0.1) is 13.3 Å². The smallest absolute Gasteiger partial charge is 0.507 e. The standard InChI is InChI=1S/2C18H14O.C16H16.Ti/c2*19-18-16(14-8-3-1-4-9-14)12-7-13-17(18)15-10-5-2-6-11-15;1-14(16-10-6-3-7-11-16)12-13-15-8-4-2-5-9-15;/h2*1-13,19H;2-11,13-14H,1,12H2;/q;;-2;+2. The number of para-hydroxylation sites is 2. The third kappa shape index (κ3) is 11.2. The minimum atomic E-state index is 0. The summed E-state index contributed by atoms with van der Waals surface area (Å²) >= 11 is 0. The van der Waals surface area contributed by atoms with Crippen molar-refractivity contribution in [3.8, 4) is 56.0 Å². The van der Waals surface area contributed by atoms with E-state index in [9.17, 15) is 10.2 Å². The van der Waals surface area contributed by atoms with Crippen LogP contribution >= 0.6 is 0 Å². The molecule has 8 aromatic carbocycles. The van der Waals surface area contributed by atoms with Crippen molar-refractivity contribution in [3.05, 3.63) is 243 Å². The zero-order valence-corrected chi connectivity index (χ0v) is 32.3. The molecule has 3 heteroatoms. The second-order valence-electron chi connectivity index (χ2n) is 12.8. The molecule has 0 heterocycles. The topological polar surface area (TPSA) is 40.5 Å². The molecular weight excluding hydrogens is 704 g/mol. The molecule has 2 nitrogen and oxygen atoms in total. The van der Waals surface area contributed by atoms with Crippen molar-refractivity contribution < 1.29 is 31.9 Å². The monoisotopic (exact) mass is 748 g/mol. The number of phenolic OH excluding ortho intramolecular Hbond substituents is 2.